The Kier molecular flexibility index (Phi) is 5.25. The van der Waals surface area contributed by atoms with Crippen molar-refractivity contribution in [3.05, 3.63) is 0 Å². The van der Waals surface area contributed by atoms with Gasteiger partial charge < -0.3 is 9.64 Å². The Labute approximate surface area is 97.7 Å². The maximum Gasteiger partial charge on any atom is 0.409 e. The van der Waals surface area contributed by atoms with E-state index in [-0.39, 0.29) is 17.7 Å². The van der Waals surface area contributed by atoms with Gasteiger partial charge in [0.25, 0.3) is 0 Å². The highest BCUT2D eigenvalue weighted by Gasteiger charge is 2.22. The summed E-state index contributed by atoms with van der Waals surface area (Å²) in [5, 5.41) is 0. The Hall–Kier alpha value is -0.780. The van der Waals surface area contributed by atoms with Gasteiger partial charge in [-0.1, -0.05) is 20.8 Å². The smallest absolute Gasteiger partial charge is 0.409 e. The molecule has 6 heteroatoms. The summed E-state index contributed by atoms with van der Waals surface area (Å²) in [4.78, 5) is 12.8. The van der Waals surface area contributed by atoms with Crippen molar-refractivity contribution in [1.29, 1.82) is 0 Å². The largest absolute Gasteiger partial charge is 0.453 e. The van der Waals surface area contributed by atoms with Crippen molar-refractivity contribution in [1.82, 2.24) is 4.90 Å². The Morgan fingerprint density at radius 2 is 1.81 bits per heavy atom. The van der Waals surface area contributed by atoms with Crippen LogP contribution in [0.25, 0.3) is 0 Å². The Morgan fingerprint density at radius 1 is 1.31 bits per heavy atom. The number of sulfone groups is 1. The van der Waals surface area contributed by atoms with Gasteiger partial charge in [-0.25, -0.2) is 13.2 Å². The van der Waals surface area contributed by atoms with Crippen molar-refractivity contribution in [2.45, 2.75) is 20.8 Å². The van der Waals surface area contributed by atoms with E-state index in [9.17, 15) is 13.2 Å². The van der Waals surface area contributed by atoms with E-state index in [0.29, 0.717) is 6.54 Å². The zero-order chi connectivity index (χ0) is 13.0. The van der Waals surface area contributed by atoms with Crippen LogP contribution >= 0.6 is 0 Å². The molecule has 0 aliphatic carbocycles. The number of hydrogen-bond donors (Lipinski definition) is 0. The van der Waals surface area contributed by atoms with Crippen molar-refractivity contribution in [2.75, 3.05) is 32.2 Å². The second-order valence-corrected chi connectivity index (χ2v) is 7.34. The van der Waals surface area contributed by atoms with Gasteiger partial charge in [0.2, 0.25) is 0 Å². The summed E-state index contributed by atoms with van der Waals surface area (Å²) in [5.74, 6) is -0.0435. The second-order valence-electron chi connectivity index (χ2n) is 5.08. The minimum atomic E-state index is -3.07. The van der Waals surface area contributed by atoms with Crippen LogP contribution in [0.15, 0.2) is 0 Å². The molecule has 0 heterocycles. The van der Waals surface area contributed by atoms with Crippen LogP contribution in [0, 0.1) is 5.41 Å². The summed E-state index contributed by atoms with van der Waals surface area (Å²) in [6.07, 6.45) is 0.665. The van der Waals surface area contributed by atoms with Gasteiger partial charge in [0.15, 0.2) is 0 Å². The SMILES string of the molecule is COC(=O)N(CCS(C)(=O)=O)CC(C)(C)C. The molecule has 0 radical (unpaired) electrons. The number of hydrogen-bond acceptors (Lipinski definition) is 4. The standard InChI is InChI=1S/C10H21NO4S/c1-10(2,3)8-11(9(12)15-4)6-7-16(5,13)14/h6-8H2,1-5H3. The number of nitrogens with zero attached hydrogens (tertiary/aromatic N) is 1. The monoisotopic (exact) mass is 251 g/mol. The molecule has 0 rings (SSSR count). The normalized spacial score (nSPS) is 12.3. The van der Waals surface area contributed by atoms with E-state index in [1.165, 1.54) is 12.0 Å². The average molecular weight is 251 g/mol. The fraction of sp³-hybridized carbons (Fsp3) is 0.900. The summed E-state index contributed by atoms with van der Waals surface area (Å²) in [7, 11) is -1.78. The van der Waals surface area contributed by atoms with Crippen LogP contribution in [0.5, 0.6) is 0 Å². The lowest BCUT2D eigenvalue weighted by molar-refractivity contribution is 0.110. The molecule has 0 spiro atoms. The lowest BCUT2D eigenvalue weighted by Crippen LogP contribution is -2.40. The third-order valence-electron chi connectivity index (χ3n) is 1.83. The quantitative estimate of drug-likeness (QED) is 0.751. The lowest BCUT2D eigenvalue weighted by Gasteiger charge is -2.28. The molecule has 0 N–H and O–H groups in total. The number of carbonyl (C=O) groups is 1. The molecular formula is C10H21NO4S. The fourth-order valence-electron chi connectivity index (χ4n) is 1.21. The van der Waals surface area contributed by atoms with Crippen LogP contribution in [-0.4, -0.2) is 51.6 Å². The van der Waals surface area contributed by atoms with Crippen molar-refractivity contribution in [2.24, 2.45) is 5.41 Å². The molecule has 0 atom stereocenters. The molecule has 0 unspecified atom stereocenters. The first kappa shape index (κ1) is 15.2. The van der Waals surface area contributed by atoms with E-state index in [1.807, 2.05) is 20.8 Å². The predicted octanol–water partition coefficient (Wildman–Crippen LogP) is 1.15. The Bertz CT molecular complexity index is 329. The molecule has 0 aliphatic rings. The molecule has 0 aliphatic heterocycles. The average Bonchev–Trinajstić information content (AvgIpc) is 2.07. The fourth-order valence-corrected chi connectivity index (χ4v) is 1.76. The van der Waals surface area contributed by atoms with Gasteiger partial charge in [0, 0.05) is 19.3 Å². The predicted molar refractivity (Wildman–Crippen MR) is 63.1 cm³/mol. The maximum absolute atomic E-state index is 11.4. The zero-order valence-corrected chi connectivity index (χ0v) is 11.4. The molecule has 0 saturated carbocycles. The molecule has 0 aromatic carbocycles. The summed E-state index contributed by atoms with van der Waals surface area (Å²) in [6, 6.07) is 0. The van der Waals surface area contributed by atoms with Gasteiger partial charge in [0.1, 0.15) is 9.84 Å². The molecule has 1 amide bonds. The first-order valence-corrected chi connectivity index (χ1v) is 7.12. The summed E-state index contributed by atoms with van der Waals surface area (Å²) in [6.45, 7) is 6.56. The van der Waals surface area contributed by atoms with Crippen LogP contribution < -0.4 is 0 Å². The third-order valence-corrected chi connectivity index (χ3v) is 2.75. The van der Waals surface area contributed by atoms with Crippen LogP contribution in [0.1, 0.15) is 20.8 Å². The number of amides is 1. The molecule has 96 valence electrons. The van der Waals surface area contributed by atoms with E-state index >= 15 is 0 Å². The van der Waals surface area contributed by atoms with Crippen LogP contribution in [0.3, 0.4) is 0 Å². The number of methoxy groups -OCH3 is 1. The zero-order valence-electron chi connectivity index (χ0n) is 10.6. The van der Waals surface area contributed by atoms with E-state index in [0.717, 1.165) is 6.26 Å². The minimum absolute atomic E-state index is 0.0435. The first-order chi connectivity index (χ1) is 7.05. The van der Waals surface area contributed by atoms with E-state index in [4.69, 9.17) is 0 Å². The van der Waals surface area contributed by atoms with Gasteiger partial charge in [-0.2, -0.15) is 0 Å². The molecular weight excluding hydrogens is 230 g/mol. The van der Waals surface area contributed by atoms with Crippen LogP contribution in [0.2, 0.25) is 0 Å². The van der Waals surface area contributed by atoms with Crippen molar-refractivity contribution < 1.29 is 17.9 Å². The Balaban J connectivity index is 4.51. The summed E-state index contributed by atoms with van der Waals surface area (Å²) in [5.41, 5.74) is -0.0916. The maximum atomic E-state index is 11.4. The number of rotatable bonds is 4. The van der Waals surface area contributed by atoms with Crippen LogP contribution in [-0.2, 0) is 14.6 Å². The van der Waals surface area contributed by atoms with Gasteiger partial charge >= 0.3 is 6.09 Å². The van der Waals surface area contributed by atoms with Gasteiger partial charge in [-0.15, -0.1) is 0 Å². The van der Waals surface area contributed by atoms with Gasteiger partial charge in [0.05, 0.1) is 12.9 Å². The minimum Gasteiger partial charge on any atom is -0.453 e. The molecule has 0 aromatic heterocycles. The highest BCUT2D eigenvalue weighted by atomic mass is 32.2. The van der Waals surface area contributed by atoms with Gasteiger partial charge in [-0.3, -0.25) is 0 Å². The van der Waals surface area contributed by atoms with Crippen molar-refractivity contribution in [3.8, 4) is 0 Å². The van der Waals surface area contributed by atoms with E-state index < -0.39 is 15.9 Å². The molecule has 0 saturated heterocycles. The van der Waals surface area contributed by atoms with Crippen LogP contribution in [0.4, 0.5) is 4.79 Å². The Morgan fingerprint density at radius 3 is 2.12 bits per heavy atom. The number of ether oxygens (including phenoxy) is 1. The van der Waals surface area contributed by atoms with Crippen molar-refractivity contribution >= 4 is 15.9 Å². The second kappa shape index (κ2) is 5.52. The molecule has 0 aromatic rings. The highest BCUT2D eigenvalue weighted by Crippen LogP contribution is 2.15. The number of carbonyl (C=O) groups excluding carboxylic acids is 1. The molecule has 0 fully saturated rings. The summed E-state index contributed by atoms with van der Waals surface area (Å²) < 4.78 is 26.7. The molecule has 5 nitrogen and oxygen atoms in total. The highest BCUT2D eigenvalue weighted by molar-refractivity contribution is 7.90. The third kappa shape index (κ3) is 7.50. The van der Waals surface area contributed by atoms with E-state index in [1.54, 1.807) is 0 Å². The first-order valence-electron chi connectivity index (χ1n) is 5.06. The van der Waals surface area contributed by atoms with Crippen molar-refractivity contribution in [3.63, 3.8) is 0 Å². The lowest BCUT2D eigenvalue weighted by atomic mass is 9.96. The van der Waals surface area contributed by atoms with E-state index in [2.05, 4.69) is 4.74 Å². The van der Waals surface area contributed by atoms with Gasteiger partial charge in [-0.05, 0) is 5.41 Å². The topological polar surface area (TPSA) is 63.7 Å². The molecule has 0 bridgehead atoms. The molecule has 16 heavy (non-hydrogen) atoms. The summed E-state index contributed by atoms with van der Waals surface area (Å²) >= 11 is 0.